The highest BCUT2D eigenvalue weighted by atomic mass is 19.4. The summed E-state index contributed by atoms with van der Waals surface area (Å²) < 4.78 is 61.2. The molecule has 2 aromatic rings. The van der Waals surface area contributed by atoms with Gasteiger partial charge in [0.25, 0.3) is 0 Å². The number of rotatable bonds is 8. The lowest BCUT2D eigenvalue weighted by molar-refractivity contribution is -0.141. The summed E-state index contributed by atoms with van der Waals surface area (Å²) in [6.07, 6.45) is -2.58. The molecular formula is C26H29F3O5. The van der Waals surface area contributed by atoms with E-state index in [1.807, 2.05) is 12.1 Å². The van der Waals surface area contributed by atoms with Crippen molar-refractivity contribution < 1.29 is 36.9 Å². The van der Waals surface area contributed by atoms with Crippen molar-refractivity contribution in [1.82, 2.24) is 0 Å². The van der Waals surface area contributed by atoms with Crippen molar-refractivity contribution in [3.05, 3.63) is 70.8 Å². The fourth-order valence-corrected chi connectivity index (χ4v) is 4.06. The van der Waals surface area contributed by atoms with Crippen LogP contribution in [0.25, 0.3) is 0 Å². The molecule has 0 aromatic heterocycles. The van der Waals surface area contributed by atoms with Gasteiger partial charge in [0.2, 0.25) is 0 Å². The number of methoxy groups -OCH3 is 2. The van der Waals surface area contributed by atoms with Gasteiger partial charge in [0.1, 0.15) is 0 Å². The van der Waals surface area contributed by atoms with Gasteiger partial charge >= 0.3 is 12.1 Å². The first-order valence-corrected chi connectivity index (χ1v) is 11.0. The van der Waals surface area contributed by atoms with E-state index in [9.17, 15) is 18.0 Å². The smallest absolute Gasteiger partial charge is 0.416 e. The number of carbonyl (C=O) groups excluding carboxylic acids is 1. The van der Waals surface area contributed by atoms with E-state index in [0.29, 0.717) is 30.1 Å². The van der Waals surface area contributed by atoms with E-state index in [4.69, 9.17) is 18.9 Å². The molecule has 0 unspecified atom stereocenters. The Labute approximate surface area is 197 Å². The van der Waals surface area contributed by atoms with Crippen LogP contribution in [0, 0.1) is 11.8 Å². The van der Waals surface area contributed by atoms with E-state index in [0.717, 1.165) is 23.3 Å². The summed E-state index contributed by atoms with van der Waals surface area (Å²) in [4.78, 5) is 12.3. The van der Waals surface area contributed by atoms with E-state index in [-0.39, 0.29) is 24.5 Å². The lowest BCUT2D eigenvalue weighted by Gasteiger charge is -2.24. The van der Waals surface area contributed by atoms with E-state index < -0.39 is 17.7 Å². The van der Waals surface area contributed by atoms with Crippen molar-refractivity contribution in [2.45, 2.75) is 32.5 Å². The number of hydrogen-bond donors (Lipinski definition) is 0. The van der Waals surface area contributed by atoms with Crippen LogP contribution < -0.4 is 9.47 Å². The second kappa shape index (κ2) is 11.0. The predicted molar refractivity (Wildman–Crippen MR) is 121 cm³/mol. The molecule has 2 aromatic carbocycles. The lowest BCUT2D eigenvalue weighted by atomic mass is 9.84. The zero-order valence-electron chi connectivity index (χ0n) is 19.6. The summed E-state index contributed by atoms with van der Waals surface area (Å²) in [7, 11) is 3.10. The van der Waals surface area contributed by atoms with Gasteiger partial charge in [-0.2, -0.15) is 13.2 Å². The number of benzene rings is 2. The Morgan fingerprint density at radius 1 is 1.09 bits per heavy atom. The standard InChI is InChI=1S/C26H29F3O5/c1-5-16(2)25(30)34-15-21-19(12-17-6-9-20(10-7-17)26(27,28)29)14-33-24(21)18-8-11-22(31-3)23(13-18)32-4/h5-11,13,19,21,24H,12,14-15H2,1-4H3/t19-,21-,24+/m0/s1. The average molecular weight is 479 g/mol. The van der Waals surface area contributed by atoms with Crippen molar-refractivity contribution in [3.63, 3.8) is 0 Å². The number of esters is 1. The third-order valence-corrected chi connectivity index (χ3v) is 6.16. The van der Waals surface area contributed by atoms with Crippen LogP contribution in [0.5, 0.6) is 11.5 Å². The molecule has 1 aliphatic heterocycles. The number of carbonyl (C=O) groups is 1. The van der Waals surface area contributed by atoms with Crippen LogP contribution in [-0.2, 0) is 26.9 Å². The van der Waals surface area contributed by atoms with E-state index >= 15 is 0 Å². The number of allylic oxidation sites excluding steroid dienone is 1. The number of halogens is 3. The number of ether oxygens (including phenoxy) is 4. The maximum absolute atomic E-state index is 12.9. The lowest BCUT2D eigenvalue weighted by Crippen LogP contribution is -2.24. The molecule has 5 nitrogen and oxygen atoms in total. The molecular weight excluding hydrogens is 449 g/mol. The van der Waals surface area contributed by atoms with Gasteiger partial charge in [0.15, 0.2) is 11.5 Å². The van der Waals surface area contributed by atoms with Crippen LogP contribution in [0.4, 0.5) is 13.2 Å². The zero-order chi connectivity index (χ0) is 24.9. The fraction of sp³-hybridized carbons (Fsp3) is 0.423. The molecule has 184 valence electrons. The minimum atomic E-state index is -4.38. The van der Waals surface area contributed by atoms with Crippen LogP contribution in [-0.4, -0.2) is 33.4 Å². The minimum Gasteiger partial charge on any atom is -0.493 e. The van der Waals surface area contributed by atoms with Crippen molar-refractivity contribution in [3.8, 4) is 11.5 Å². The zero-order valence-corrected chi connectivity index (χ0v) is 19.6. The molecule has 0 spiro atoms. The summed E-state index contributed by atoms with van der Waals surface area (Å²) in [6.45, 7) is 3.94. The van der Waals surface area contributed by atoms with Crippen molar-refractivity contribution in [2.24, 2.45) is 11.8 Å². The molecule has 1 saturated heterocycles. The highest BCUT2D eigenvalue weighted by Crippen LogP contribution is 2.42. The largest absolute Gasteiger partial charge is 0.493 e. The van der Waals surface area contributed by atoms with Crippen LogP contribution in [0.15, 0.2) is 54.1 Å². The molecule has 0 bridgehead atoms. The van der Waals surface area contributed by atoms with Crippen LogP contribution in [0.2, 0.25) is 0 Å². The third-order valence-electron chi connectivity index (χ3n) is 6.16. The van der Waals surface area contributed by atoms with Crippen molar-refractivity contribution in [2.75, 3.05) is 27.4 Å². The Balaban J connectivity index is 1.84. The van der Waals surface area contributed by atoms with Gasteiger partial charge in [-0.3, -0.25) is 0 Å². The molecule has 1 aliphatic rings. The molecule has 0 aliphatic carbocycles. The second-order valence-electron chi connectivity index (χ2n) is 8.26. The molecule has 0 N–H and O–H groups in total. The van der Waals surface area contributed by atoms with E-state index in [2.05, 4.69) is 0 Å². The molecule has 34 heavy (non-hydrogen) atoms. The van der Waals surface area contributed by atoms with Gasteiger partial charge in [0, 0.05) is 11.5 Å². The van der Waals surface area contributed by atoms with Gasteiger partial charge < -0.3 is 18.9 Å². The van der Waals surface area contributed by atoms with Gasteiger partial charge in [-0.05, 0) is 61.6 Å². The summed E-state index contributed by atoms with van der Waals surface area (Å²) in [5, 5.41) is 0. The predicted octanol–water partition coefficient (Wildman–Crippen LogP) is 5.78. The van der Waals surface area contributed by atoms with Gasteiger partial charge in [-0.15, -0.1) is 0 Å². The Morgan fingerprint density at radius 2 is 1.76 bits per heavy atom. The Morgan fingerprint density at radius 3 is 2.35 bits per heavy atom. The third kappa shape index (κ3) is 5.91. The van der Waals surface area contributed by atoms with Crippen LogP contribution in [0.3, 0.4) is 0 Å². The van der Waals surface area contributed by atoms with Gasteiger partial charge in [-0.25, -0.2) is 4.79 Å². The molecule has 3 atom stereocenters. The Bertz CT molecular complexity index is 1010. The summed E-state index contributed by atoms with van der Waals surface area (Å²) in [6, 6.07) is 10.6. The van der Waals surface area contributed by atoms with E-state index in [1.54, 1.807) is 40.2 Å². The highest BCUT2D eigenvalue weighted by Gasteiger charge is 2.39. The number of alkyl halides is 3. The first kappa shape index (κ1) is 25.6. The Kier molecular flexibility index (Phi) is 8.25. The fourth-order valence-electron chi connectivity index (χ4n) is 4.06. The monoisotopic (exact) mass is 478 g/mol. The highest BCUT2D eigenvalue weighted by molar-refractivity contribution is 5.87. The normalized spacial score (nSPS) is 20.8. The maximum Gasteiger partial charge on any atom is 0.416 e. The summed E-state index contributed by atoms with van der Waals surface area (Å²) in [5.74, 6) is 0.462. The first-order valence-electron chi connectivity index (χ1n) is 11.0. The summed E-state index contributed by atoms with van der Waals surface area (Å²) in [5.41, 5.74) is 1.42. The molecule has 8 heteroatoms. The van der Waals surface area contributed by atoms with Crippen molar-refractivity contribution in [1.29, 1.82) is 0 Å². The SMILES string of the molecule is CC=C(C)C(=O)OC[C@H]1[C@@H](Cc2ccc(C(F)(F)F)cc2)CO[C@@H]1c1ccc(OC)c(OC)c1. The van der Waals surface area contributed by atoms with Crippen LogP contribution >= 0.6 is 0 Å². The maximum atomic E-state index is 12.9. The van der Waals surface area contributed by atoms with Crippen LogP contribution in [0.1, 0.15) is 36.6 Å². The Hall–Kier alpha value is -3.00. The average Bonchev–Trinajstić information content (AvgIpc) is 3.23. The number of hydrogen-bond acceptors (Lipinski definition) is 5. The second-order valence-corrected chi connectivity index (χ2v) is 8.26. The first-order chi connectivity index (χ1) is 16.2. The minimum absolute atomic E-state index is 0.0615. The molecule has 0 amide bonds. The summed E-state index contributed by atoms with van der Waals surface area (Å²) >= 11 is 0. The topological polar surface area (TPSA) is 54.0 Å². The molecule has 3 rings (SSSR count). The van der Waals surface area contributed by atoms with Crippen molar-refractivity contribution >= 4 is 5.97 Å². The molecule has 1 heterocycles. The quantitative estimate of drug-likeness (QED) is 0.356. The molecule has 1 fully saturated rings. The van der Waals surface area contributed by atoms with Gasteiger partial charge in [-0.1, -0.05) is 24.3 Å². The van der Waals surface area contributed by atoms with E-state index in [1.165, 1.54) is 12.1 Å². The molecule has 0 radical (unpaired) electrons. The van der Waals surface area contributed by atoms with Gasteiger partial charge in [0.05, 0.1) is 39.1 Å². The molecule has 0 saturated carbocycles.